The Labute approximate surface area is 243 Å². The van der Waals surface area contributed by atoms with Crippen molar-refractivity contribution >= 4 is 15.8 Å². The van der Waals surface area contributed by atoms with Gasteiger partial charge in [0.2, 0.25) is 0 Å². The van der Waals surface area contributed by atoms with E-state index in [2.05, 4.69) is 52.0 Å². The summed E-state index contributed by atoms with van der Waals surface area (Å²) < 4.78 is 0. The summed E-state index contributed by atoms with van der Waals surface area (Å²) in [6, 6.07) is 10.1. The molecular formula is C36H70P2. The van der Waals surface area contributed by atoms with E-state index >= 15 is 0 Å². The van der Waals surface area contributed by atoms with Crippen LogP contribution in [0.5, 0.6) is 0 Å². The van der Waals surface area contributed by atoms with Crippen molar-refractivity contribution in [2.24, 2.45) is 0 Å². The molecule has 0 fully saturated rings. The van der Waals surface area contributed by atoms with Crippen LogP contribution >= 0.6 is 15.8 Å². The van der Waals surface area contributed by atoms with Crippen LogP contribution in [0.15, 0.2) is 24.3 Å². The number of rotatable bonds is 28. The third-order valence-corrected chi connectivity index (χ3v) is 15.6. The molecule has 0 aromatic heterocycles. The molecular weight excluding hydrogens is 494 g/mol. The molecule has 1 aromatic carbocycles. The first-order valence-corrected chi connectivity index (χ1v) is 21.7. The van der Waals surface area contributed by atoms with Gasteiger partial charge in [0.1, 0.15) is 0 Å². The summed E-state index contributed by atoms with van der Waals surface area (Å²) in [7, 11) is -0.184. The van der Waals surface area contributed by atoms with Gasteiger partial charge in [0.25, 0.3) is 0 Å². The second-order valence-electron chi connectivity index (χ2n) is 12.6. The summed E-state index contributed by atoms with van der Waals surface area (Å²) in [5, 5.41) is 0. The van der Waals surface area contributed by atoms with Crippen molar-refractivity contribution < 1.29 is 0 Å². The van der Waals surface area contributed by atoms with Crippen molar-refractivity contribution in [1.29, 1.82) is 0 Å². The fourth-order valence-corrected chi connectivity index (χ4v) is 12.9. The van der Waals surface area contributed by atoms with Crippen LogP contribution in [0.4, 0.5) is 0 Å². The Morgan fingerprint density at radius 1 is 0.447 bits per heavy atom. The van der Waals surface area contributed by atoms with Gasteiger partial charge in [0, 0.05) is 0 Å². The summed E-state index contributed by atoms with van der Waals surface area (Å²) in [6.07, 6.45) is 37.9. The maximum atomic E-state index is 2.55. The molecule has 224 valence electrons. The van der Waals surface area contributed by atoms with Crippen molar-refractivity contribution in [3.63, 3.8) is 0 Å². The van der Waals surface area contributed by atoms with Crippen LogP contribution < -0.4 is 0 Å². The molecule has 0 spiro atoms. The third kappa shape index (κ3) is 19.2. The average molecular weight is 565 g/mol. The Morgan fingerprint density at radius 3 is 1.24 bits per heavy atom. The van der Waals surface area contributed by atoms with Gasteiger partial charge >= 0.3 is 244 Å². The molecule has 0 bridgehead atoms. The fourth-order valence-electron chi connectivity index (χ4n) is 6.22. The van der Waals surface area contributed by atoms with E-state index < -0.39 is 7.26 Å². The van der Waals surface area contributed by atoms with Gasteiger partial charge in [-0.15, -0.1) is 0 Å². The summed E-state index contributed by atoms with van der Waals surface area (Å²) in [4.78, 5) is 0. The van der Waals surface area contributed by atoms with E-state index in [0.717, 1.165) is 8.58 Å². The van der Waals surface area contributed by atoms with E-state index in [-0.39, 0.29) is 0 Å². The molecule has 1 unspecified atom stereocenters. The molecule has 0 heterocycles. The first-order chi connectivity index (χ1) is 18.7. The van der Waals surface area contributed by atoms with E-state index in [1.54, 1.807) is 29.6 Å². The molecule has 0 aliphatic rings. The van der Waals surface area contributed by atoms with Crippen LogP contribution in [-0.2, 0) is 12.3 Å². The second-order valence-corrected chi connectivity index (χ2v) is 18.8. The molecule has 1 rings (SSSR count). The normalized spacial score (nSPS) is 12.6. The Morgan fingerprint density at radius 2 is 0.816 bits per heavy atom. The Kier molecular flexibility index (Phi) is 24.7. The summed E-state index contributed by atoms with van der Waals surface area (Å²) in [5.41, 5.74) is 3.26. The minimum absolute atomic E-state index is 1.11. The number of unbranched alkanes of at least 4 members (excludes halogenated alkanes) is 16. The summed E-state index contributed by atoms with van der Waals surface area (Å²) in [5.74, 6) is 0. The predicted molar refractivity (Wildman–Crippen MR) is 185 cm³/mol. The molecule has 0 N–H and O–H groups in total. The van der Waals surface area contributed by atoms with Crippen molar-refractivity contribution in [3.05, 3.63) is 35.4 Å². The van der Waals surface area contributed by atoms with Crippen LogP contribution in [0.3, 0.4) is 0 Å². The first kappa shape index (κ1) is 36.1. The zero-order chi connectivity index (χ0) is 27.6. The van der Waals surface area contributed by atoms with Crippen LogP contribution in [0.25, 0.3) is 0 Å². The molecule has 0 nitrogen and oxygen atoms in total. The minimum atomic E-state index is -1.29. The van der Waals surface area contributed by atoms with Crippen molar-refractivity contribution in [2.75, 3.05) is 24.6 Å². The van der Waals surface area contributed by atoms with E-state index in [1.807, 2.05) is 0 Å². The third-order valence-electron chi connectivity index (χ3n) is 8.82. The Hall–Kier alpha value is 0.0800. The van der Waals surface area contributed by atoms with Crippen LogP contribution in [0.2, 0.25) is 0 Å². The number of benzene rings is 1. The predicted octanol–water partition coefficient (Wildman–Crippen LogP) is 13.0. The SMILES string of the molecule is CCCCCCCC[PH](CCCCCCCC)(CCCCCCCC)Cc1ccc(CPCCCC)cc1. The molecule has 0 saturated carbocycles. The van der Waals surface area contributed by atoms with Crippen LogP contribution in [0, 0.1) is 0 Å². The molecule has 2 heteroatoms. The van der Waals surface area contributed by atoms with Gasteiger partial charge in [-0.2, -0.15) is 0 Å². The molecule has 0 aliphatic heterocycles. The van der Waals surface area contributed by atoms with Crippen molar-refractivity contribution in [3.8, 4) is 0 Å². The van der Waals surface area contributed by atoms with E-state index in [9.17, 15) is 0 Å². The summed E-state index contributed by atoms with van der Waals surface area (Å²) >= 11 is 0. The van der Waals surface area contributed by atoms with Gasteiger partial charge in [-0.05, 0) is 0 Å². The van der Waals surface area contributed by atoms with E-state index in [0.29, 0.717) is 0 Å². The van der Waals surface area contributed by atoms with Crippen LogP contribution in [-0.4, -0.2) is 24.6 Å². The molecule has 38 heavy (non-hydrogen) atoms. The van der Waals surface area contributed by atoms with Gasteiger partial charge < -0.3 is 0 Å². The monoisotopic (exact) mass is 564 g/mol. The van der Waals surface area contributed by atoms with Crippen molar-refractivity contribution in [2.45, 2.75) is 168 Å². The quantitative estimate of drug-likeness (QED) is 0.0701. The standard InChI is InChI=1S/C36H70P2/c1-5-9-13-16-19-22-30-38(31-23-20-17-14-10-6-2,32-24-21-18-15-11-7-3)34-36-27-25-35(26-28-36)33-37-29-12-8-4/h25-28,37-38H,5-24,29-34H2,1-4H3. The van der Waals surface area contributed by atoms with Gasteiger partial charge in [0.05, 0.1) is 0 Å². The Bertz CT molecular complexity index is 567. The zero-order valence-corrected chi connectivity index (χ0v) is 28.7. The van der Waals surface area contributed by atoms with Crippen LogP contribution in [0.1, 0.15) is 167 Å². The zero-order valence-electron chi connectivity index (χ0n) is 26.7. The maximum absolute atomic E-state index is 2.55. The first-order valence-electron chi connectivity index (χ1n) is 17.5. The molecule has 0 aliphatic carbocycles. The van der Waals surface area contributed by atoms with Gasteiger partial charge in [-0.3, -0.25) is 0 Å². The molecule has 0 radical (unpaired) electrons. The molecule has 1 atom stereocenters. The van der Waals surface area contributed by atoms with Gasteiger partial charge in [0.15, 0.2) is 0 Å². The van der Waals surface area contributed by atoms with E-state index in [1.165, 1.54) is 147 Å². The molecule has 1 aromatic rings. The number of hydrogen-bond acceptors (Lipinski definition) is 0. The summed E-state index contributed by atoms with van der Waals surface area (Å²) in [6.45, 7) is 9.35. The van der Waals surface area contributed by atoms with Gasteiger partial charge in [-0.25, -0.2) is 0 Å². The van der Waals surface area contributed by atoms with E-state index in [4.69, 9.17) is 0 Å². The van der Waals surface area contributed by atoms with Gasteiger partial charge in [-0.1, -0.05) is 0 Å². The molecule has 0 amide bonds. The molecule has 0 saturated heterocycles. The topological polar surface area (TPSA) is 0 Å². The number of hydrogen-bond donors (Lipinski definition) is 0. The second kappa shape index (κ2) is 26.0. The fraction of sp³-hybridized carbons (Fsp3) is 0.833. The van der Waals surface area contributed by atoms with Crippen molar-refractivity contribution in [1.82, 2.24) is 0 Å². The Balaban J connectivity index is 2.84. The average Bonchev–Trinajstić information content (AvgIpc) is 2.93.